The summed E-state index contributed by atoms with van der Waals surface area (Å²) in [4.78, 5) is 39.3. The Morgan fingerprint density at radius 1 is 0.884 bits per heavy atom. The molecule has 0 saturated heterocycles. The lowest BCUT2D eigenvalue weighted by Gasteiger charge is -2.31. The molecule has 0 aromatic carbocycles. The quantitative estimate of drug-likeness (QED) is 0.0908. The molecule has 13 nitrogen and oxygen atoms in total. The summed E-state index contributed by atoms with van der Waals surface area (Å²) in [6.07, 6.45) is 19.3. The number of nitrogens with zero attached hydrogens (tertiary/aromatic N) is 2. The van der Waals surface area contributed by atoms with E-state index in [4.69, 9.17) is 15.2 Å². The molecule has 2 unspecified atom stereocenters. The van der Waals surface area contributed by atoms with Crippen molar-refractivity contribution in [2.24, 2.45) is 0 Å². The molecular weight excluding hydrogens is 600 g/mol. The monoisotopic (exact) mass is 653 g/mol. The average Bonchev–Trinajstić information content (AvgIpc) is 2.94. The minimum atomic E-state index is -5.18. The largest absolute Gasteiger partial charge is 0.777 e. The van der Waals surface area contributed by atoms with Crippen LogP contribution in [0.4, 0.5) is 5.82 Å². The number of hydrogen-bond acceptors (Lipinski definition) is 12. The molecule has 0 amide bonds. The molecule has 1 aromatic rings. The van der Waals surface area contributed by atoms with Crippen molar-refractivity contribution in [3.05, 3.63) is 22.7 Å². The van der Waals surface area contributed by atoms with E-state index in [9.17, 15) is 28.8 Å². The molecule has 3 atom stereocenters. The fraction of sp³-hybridized carbons (Fsp3) is 0.857. The Labute approximate surface area is 256 Å². The summed E-state index contributed by atoms with van der Waals surface area (Å²) >= 11 is 0. The van der Waals surface area contributed by atoms with Crippen LogP contribution in [0.25, 0.3) is 0 Å². The maximum Gasteiger partial charge on any atom is 0.349 e. The fourth-order valence-corrected chi connectivity index (χ4v) is 6.71. The standard InChI is InChI=1S/C28H55N3O10P2/c1-2-3-4-5-6-7-8-9-10-11-12-13-14-15-16-17-20-38-21-22-40-43(36,37)41-42(34,35)25-39-26(24-32)23-31-19-18-27(29)30-28(31)33/h18-19,26,32H,2-17,20-25H2,1H3,(H,34,35)(H,36,37)(H2,29,30,33)/p-2/t26-/m0/s1. The summed E-state index contributed by atoms with van der Waals surface area (Å²) in [5.41, 5.74) is 4.68. The highest BCUT2D eigenvalue weighted by Gasteiger charge is 2.22. The number of phosphoric acid groups is 1. The van der Waals surface area contributed by atoms with E-state index in [1.165, 1.54) is 95.7 Å². The van der Waals surface area contributed by atoms with Gasteiger partial charge in [-0.15, -0.1) is 0 Å². The van der Waals surface area contributed by atoms with Crippen LogP contribution in [0.5, 0.6) is 0 Å². The number of rotatable bonds is 29. The molecule has 0 saturated carbocycles. The van der Waals surface area contributed by atoms with Crippen molar-refractivity contribution in [2.75, 3.05) is 38.5 Å². The van der Waals surface area contributed by atoms with Crippen LogP contribution < -0.4 is 21.2 Å². The zero-order chi connectivity index (χ0) is 31.8. The van der Waals surface area contributed by atoms with Crippen LogP contribution in [0.2, 0.25) is 0 Å². The van der Waals surface area contributed by atoms with E-state index in [1.807, 2.05) is 0 Å². The summed E-state index contributed by atoms with van der Waals surface area (Å²) in [5, 5.41) is 9.42. The molecule has 0 fully saturated rings. The van der Waals surface area contributed by atoms with Gasteiger partial charge in [0.05, 0.1) is 32.5 Å². The zero-order valence-corrected chi connectivity index (χ0v) is 27.6. The highest BCUT2D eigenvalue weighted by molar-refractivity contribution is 7.62. The molecular formula is C28H53N3O10P2-2. The Morgan fingerprint density at radius 3 is 1.93 bits per heavy atom. The Hall–Kier alpha value is -1.14. The lowest BCUT2D eigenvalue weighted by atomic mass is 10.0. The van der Waals surface area contributed by atoms with Gasteiger partial charge in [0.25, 0.3) is 7.82 Å². The number of aromatic nitrogens is 2. The van der Waals surface area contributed by atoms with Gasteiger partial charge < -0.3 is 39.2 Å². The number of hydrogen-bond donors (Lipinski definition) is 2. The number of aliphatic hydroxyl groups is 1. The van der Waals surface area contributed by atoms with Gasteiger partial charge in [0.2, 0.25) is 0 Å². The first-order chi connectivity index (χ1) is 20.6. The van der Waals surface area contributed by atoms with Crippen molar-refractivity contribution in [1.29, 1.82) is 0 Å². The predicted molar refractivity (Wildman–Crippen MR) is 162 cm³/mol. The van der Waals surface area contributed by atoms with E-state index in [1.54, 1.807) is 0 Å². The topological polar surface area (TPSA) is 198 Å². The van der Waals surface area contributed by atoms with Gasteiger partial charge in [-0.2, -0.15) is 4.98 Å². The summed E-state index contributed by atoms with van der Waals surface area (Å²) in [6.45, 7) is 1.37. The van der Waals surface area contributed by atoms with Crippen LogP contribution in [0, 0.1) is 0 Å². The summed E-state index contributed by atoms with van der Waals surface area (Å²) in [6, 6.07) is 1.34. The van der Waals surface area contributed by atoms with Crippen molar-refractivity contribution in [1.82, 2.24) is 9.55 Å². The second-order valence-corrected chi connectivity index (χ2v) is 14.1. The van der Waals surface area contributed by atoms with Gasteiger partial charge in [0, 0.05) is 12.8 Å². The SMILES string of the molecule is CCCCCCCCCCCCCCCCCCOCCOP(=O)([O-])OP(=O)([O-])CO[C@H](CO)Cn1ccc(N)nc1=O. The minimum Gasteiger partial charge on any atom is -0.777 e. The number of nitrogen functional groups attached to an aromatic ring is 1. The lowest BCUT2D eigenvalue weighted by molar-refractivity contribution is -0.234. The fourth-order valence-electron chi connectivity index (χ4n) is 4.42. The normalized spacial score (nSPS) is 15.3. The van der Waals surface area contributed by atoms with E-state index >= 15 is 0 Å². The van der Waals surface area contributed by atoms with E-state index in [-0.39, 0.29) is 19.0 Å². The van der Waals surface area contributed by atoms with Gasteiger partial charge in [-0.3, -0.25) is 13.4 Å². The number of unbranched alkanes of at least 4 members (excludes halogenated alkanes) is 15. The Bertz CT molecular complexity index is 998. The summed E-state index contributed by atoms with van der Waals surface area (Å²) < 4.78 is 44.1. The first-order valence-corrected chi connectivity index (χ1v) is 18.9. The van der Waals surface area contributed by atoms with E-state index in [0.29, 0.717) is 6.61 Å². The van der Waals surface area contributed by atoms with Crippen molar-refractivity contribution in [2.45, 2.75) is 122 Å². The number of phosphoric ester groups is 1. The van der Waals surface area contributed by atoms with Crippen LogP contribution in [-0.4, -0.2) is 53.5 Å². The lowest BCUT2D eigenvalue weighted by Crippen LogP contribution is -2.32. The van der Waals surface area contributed by atoms with Crippen molar-refractivity contribution in [3.63, 3.8) is 0 Å². The van der Waals surface area contributed by atoms with Gasteiger partial charge >= 0.3 is 5.69 Å². The van der Waals surface area contributed by atoms with Crippen LogP contribution in [-0.2, 0) is 34.0 Å². The minimum absolute atomic E-state index is 0.00278. The van der Waals surface area contributed by atoms with Crippen molar-refractivity contribution >= 4 is 21.2 Å². The highest BCUT2D eigenvalue weighted by atomic mass is 31.3. The molecule has 0 bridgehead atoms. The van der Waals surface area contributed by atoms with Crippen LogP contribution >= 0.6 is 15.4 Å². The molecule has 0 aliphatic rings. The van der Waals surface area contributed by atoms with Crippen LogP contribution in [0.3, 0.4) is 0 Å². The zero-order valence-electron chi connectivity index (χ0n) is 25.8. The van der Waals surface area contributed by atoms with E-state index in [2.05, 4.69) is 20.7 Å². The van der Waals surface area contributed by atoms with Crippen molar-refractivity contribution in [3.8, 4) is 0 Å². The molecule has 1 aromatic heterocycles. The van der Waals surface area contributed by atoms with Crippen LogP contribution in [0.1, 0.15) is 110 Å². The molecule has 0 aliphatic carbocycles. The second kappa shape index (κ2) is 24.1. The number of ether oxygens (including phenoxy) is 2. The Morgan fingerprint density at radius 2 is 1.42 bits per heavy atom. The maximum atomic E-state index is 12.1. The third-order valence-electron chi connectivity index (χ3n) is 6.81. The molecule has 1 rings (SSSR count). The Kier molecular flexibility index (Phi) is 22.4. The van der Waals surface area contributed by atoms with E-state index in [0.717, 1.165) is 23.8 Å². The van der Waals surface area contributed by atoms with E-state index < -0.39 is 46.8 Å². The van der Waals surface area contributed by atoms with Crippen LogP contribution in [0.15, 0.2) is 17.1 Å². The molecule has 252 valence electrons. The second-order valence-electron chi connectivity index (χ2n) is 10.8. The van der Waals surface area contributed by atoms with Gasteiger partial charge in [-0.1, -0.05) is 103 Å². The summed E-state index contributed by atoms with van der Waals surface area (Å²) in [5.74, 6) is -0.00278. The van der Waals surface area contributed by atoms with Gasteiger partial charge in [-0.25, -0.2) is 4.79 Å². The number of nitrogens with two attached hydrogens (primary N) is 1. The first kappa shape index (κ1) is 39.9. The van der Waals surface area contributed by atoms with Gasteiger partial charge in [-0.05, 0) is 12.5 Å². The van der Waals surface area contributed by atoms with Gasteiger partial charge in [0.1, 0.15) is 12.2 Å². The summed E-state index contributed by atoms with van der Waals surface area (Å²) in [7, 11) is -10.2. The molecule has 15 heteroatoms. The number of anilines is 1. The van der Waals surface area contributed by atoms with Crippen molar-refractivity contribution < 1.29 is 42.3 Å². The predicted octanol–water partition coefficient (Wildman–Crippen LogP) is 4.49. The van der Waals surface area contributed by atoms with Gasteiger partial charge in [0.15, 0.2) is 7.60 Å². The Balaban J connectivity index is 2.03. The molecule has 0 radical (unpaired) electrons. The maximum absolute atomic E-state index is 12.1. The third kappa shape index (κ3) is 22.1. The molecule has 0 spiro atoms. The first-order valence-electron chi connectivity index (χ1n) is 15.7. The molecule has 3 N–H and O–H groups in total. The number of aliphatic hydroxyl groups excluding tert-OH is 1. The molecule has 43 heavy (non-hydrogen) atoms. The molecule has 0 aliphatic heterocycles. The molecule has 1 heterocycles. The average molecular weight is 654 g/mol. The third-order valence-corrected chi connectivity index (χ3v) is 9.57. The highest BCUT2D eigenvalue weighted by Crippen LogP contribution is 2.54. The smallest absolute Gasteiger partial charge is 0.349 e.